The van der Waals surface area contributed by atoms with Gasteiger partial charge in [0.15, 0.2) is 0 Å². The van der Waals surface area contributed by atoms with Gasteiger partial charge in [0.25, 0.3) is 0 Å². The van der Waals surface area contributed by atoms with E-state index in [1.54, 1.807) is 0 Å². The van der Waals surface area contributed by atoms with Gasteiger partial charge < -0.3 is 5.11 Å². The summed E-state index contributed by atoms with van der Waals surface area (Å²) in [7, 11) is 0. The molecule has 0 amide bonds. The van der Waals surface area contributed by atoms with Gasteiger partial charge in [0.05, 0.1) is 10.2 Å². The normalized spacial score (nSPS) is 12.8. The fourth-order valence-electron chi connectivity index (χ4n) is 1.83. The number of aromatic nitrogens is 1. The highest BCUT2D eigenvalue weighted by molar-refractivity contribution is 9.10. The third-order valence-corrected chi connectivity index (χ3v) is 4.29. The molecule has 0 aliphatic rings. The van der Waals surface area contributed by atoms with Crippen molar-refractivity contribution in [1.82, 2.24) is 4.98 Å². The summed E-state index contributed by atoms with van der Waals surface area (Å²) < 4.78 is 2.06. The van der Waals surface area contributed by atoms with E-state index in [1.807, 2.05) is 48.5 Å². The zero-order valence-corrected chi connectivity index (χ0v) is 11.8. The van der Waals surface area contributed by atoms with Crippen LogP contribution in [0.25, 0.3) is 10.2 Å². The highest BCUT2D eigenvalue weighted by atomic mass is 79.9. The lowest BCUT2D eigenvalue weighted by Gasteiger charge is -2.07. The van der Waals surface area contributed by atoms with Crippen molar-refractivity contribution >= 4 is 37.5 Å². The fraction of sp³-hybridized carbons (Fsp3) is 0.0714. The van der Waals surface area contributed by atoms with Gasteiger partial charge in [-0.15, -0.1) is 11.3 Å². The topological polar surface area (TPSA) is 33.1 Å². The van der Waals surface area contributed by atoms with Crippen LogP contribution in [0.15, 0.2) is 53.0 Å². The van der Waals surface area contributed by atoms with Crippen LogP contribution >= 0.6 is 27.3 Å². The first-order chi connectivity index (χ1) is 8.74. The number of fused-ring (bicyclic) bond motifs is 1. The van der Waals surface area contributed by atoms with Crippen LogP contribution in [0.4, 0.5) is 0 Å². The van der Waals surface area contributed by atoms with Gasteiger partial charge in [-0.2, -0.15) is 0 Å². The van der Waals surface area contributed by atoms with Gasteiger partial charge in [-0.05, 0) is 29.8 Å². The SMILES string of the molecule is OC(c1cccc(Br)c1)c1nc2ccccc2s1. The average molecular weight is 320 g/mol. The quantitative estimate of drug-likeness (QED) is 0.770. The predicted molar refractivity (Wildman–Crippen MR) is 77.8 cm³/mol. The summed E-state index contributed by atoms with van der Waals surface area (Å²) in [4.78, 5) is 4.47. The van der Waals surface area contributed by atoms with E-state index in [2.05, 4.69) is 20.9 Å². The fourth-order valence-corrected chi connectivity index (χ4v) is 3.23. The lowest BCUT2D eigenvalue weighted by molar-refractivity contribution is 0.220. The second-order valence-electron chi connectivity index (χ2n) is 3.98. The van der Waals surface area contributed by atoms with E-state index in [0.717, 1.165) is 25.3 Å². The summed E-state index contributed by atoms with van der Waals surface area (Å²) in [5.41, 5.74) is 1.79. The highest BCUT2D eigenvalue weighted by Crippen LogP contribution is 2.30. The van der Waals surface area contributed by atoms with Crippen LogP contribution in [0.2, 0.25) is 0 Å². The molecular formula is C14H10BrNOS. The largest absolute Gasteiger partial charge is 0.381 e. The number of aliphatic hydroxyl groups excluding tert-OH is 1. The van der Waals surface area contributed by atoms with E-state index in [1.165, 1.54) is 11.3 Å². The Morgan fingerprint density at radius 1 is 1.11 bits per heavy atom. The molecule has 1 atom stereocenters. The standard InChI is InChI=1S/C14H10BrNOS/c15-10-5-3-4-9(8-10)13(17)14-16-11-6-1-2-7-12(11)18-14/h1-8,13,17H. The number of rotatable bonds is 2. The molecule has 2 aromatic carbocycles. The molecule has 0 aliphatic heterocycles. The molecule has 0 aliphatic carbocycles. The minimum atomic E-state index is -0.667. The number of hydrogen-bond donors (Lipinski definition) is 1. The minimum Gasteiger partial charge on any atom is -0.381 e. The number of hydrogen-bond acceptors (Lipinski definition) is 3. The van der Waals surface area contributed by atoms with Gasteiger partial charge in [-0.1, -0.05) is 40.2 Å². The van der Waals surface area contributed by atoms with E-state index < -0.39 is 6.10 Å². The third-order valence-electron chi connectivity index (χ3n) is 2.71. The van der Waals surface area contributed by atoms with Crippen molar-refractivity contribution in [2.45, 2.75) is 6.10 Å². The van der Waals surface area contributed by atoms with Crippen LogP contribution in [0.3, 0.4) is 0 Å². The van der Waals surface area contributed by atoms with Crippen LogP contribution in [0, 0.1) is 0 Å². The van der Waals surface area contributed by atoms with Crippen LogP contribution in [-0.2, 0) is 0 Å². The average Bonchev–Trinajstić information content (AvgIpc) is 2.81. The summed E-state index contributed by atoms with van der Waals surface area (Å²) in [5, 5.41) is 11.1. The summed E-state index contributed by atoms with van der Waals surface area (Å²) in [6.07, 6.45) is -0.667. The van der Waals surface area contributed by atoms with Crippen LogP contribution in [0.1, 0.15) is 16.7 Å². The summed E-state index contributed by atoms with van der Waals surface area (Å²) in [5.74, 6) is 0. The van der Waals surface area contributed by atoms with Crippen LogP contribution < -0.4 is 0 Å². The summed E-state index contributed by atoms with van der Waals surface area (Å²) in [6, 6.07) is 15.6. The molecule has 90 valence electrons. The van der Waals surface area contributed by atoms with Crippen LogP contribution in [0.5, 0.6) is 0 Å². The number of halogens is 1. The molecule has 1 aromatic heterocycles. The first-order valence-electron chi connectivity index (χ1n) is 5.53. The molecule has 2 nitrogen and oxygen atoms in total. The first kappa shape index (κ1) is 11.8. The van der Waals surface area contributed by atoms with Crippen molar-refractivity contribution in [2.24, 2.45) is 0 Å². The maximum atomic E-state index is 10.3. The number of para-hydroxylation sites is 1. The molecule has 18 heavy (non-hydrogen) atoms. The van der Waals surface area contributed by atoms with Crippen molar-refractivity contribution in [1.29, 1.82) is 0 Å². The van der Waals surface area contributed by atoms with Crippen molar-refractivity contribution < 1.29 is 5.11 Å². The highest BCUT2D eigenvalue weighted by Gasteiger charge is 2.15. The predicted octanol–water partition coefficient (Wildman–Crippen LogP) is 4.14. The van der Waals surface area contributed by atoms with Gasteiger partial charge in [0, 0.05) is 4.47 Å². The Bertz CT molecular complexity index is 662. The maximum Gasteiger partial charge on any atom is 0.131 e. The molecule has 1 N–H and O–H groups in total. The second-order valence-corrected chi connectivity index (χ2v) is 5.96. The van der Waals surface area contributed by atoms with Crippen LogP contribution in [-0.4, -0.2) is 10.1 Å². The molecule has 0 bridgehead atoms. The van der Waals surface area contributed by atoms with Crippen molar-refractivity contribution in [3.8, 4) is 0 Å². The number of nitrogens with zero attached hydrogens (tertiary/aromatic N) is 1. The Balaban J connectivity index is 2.03. The molecule has 1 heterocycles. The van der Waals surface area contributed by atoms with Gasteiger partial charge in [0.2, 0.25) is 0 Å². The molecule has 3 aromatic rings. The Morgan fingerprint density at radius 2 is 1.94 bits per heavy atom. The molecule has 1 unspecified atom stereocenters. The first-order valence-corrected chi connectivity index (χ1v) is 7.14. The van der Waals surface area contributed by atoms with E-state index in [9.17, 15) is 5.11 Å². The maximum absolute atomic E-state index is 10.3. The molecule has 0 saturated carbocycles. The zero-order valence-electron chi connectivity index (χ0n) is 9.38. The molecular weight excluding hydrogens is 310 g/mol. The second kappa shape index (κ2) is 4.80. The zero-order chi connectivity index (χ0) is 12.5. The van der Waals surface area contributed by atoms with E-state index in [0.29, 0.717) is 0 Å². The van der Waals surface area contributed by atoms with E-state index >= 15 is 0 Å². The Kier molecular flexibility index (Phi) is 3.16. The number of aliphatic hydroxyl groups is 1. The van der Waals surface area contributed by atoms with E-state index in [-0.39, 0.29) is 0 Å². The minimum absolute atomic E-state index is 0.667. The lowest BCUT2D eigenvalue weighted by atomic mass is 10.1. The van der Waals surface area contributed by atoms with E-state index in [4.69, 9.17) is 0 Å². The molecule has 0 spiro atoms. The smallest absolute Gasteiger partial charge is 0.131 e. The molecule has 0 fully saturated rings. The van der Waals surface area contributed by atoms with Gasteiger partial charge >= 0.3 is 0 Å². The summed E-state index contributed by atoms with van der Waals surface area (Å²) >= 11 is 4.94. The van der Waals surface area contributed by atoms with Gasteiger partial charge in [-0.3, -0.25) is 0 Å². The van der Waals surface area contributed by atoms with Crippen molar-refractivity contribution in [3.05, 3.63) is 63.6 Å². The summed E-state index contributed by atoms with van der Waals surface area (Å²) in [6.45, 7) is 0. The number of thiazole rings is 1. The third kappa shape index (κ3) is 2.19. The Morgan fingerprint density at radius 3 is 2.72 bits per heavy atom. The van der Waals surface area contributed by atoms with Gasteiger partial charge in [0.1, 0.15) is 11.1 Å². The number of benzene rings is 2. The Hall–Kier alpha value is -1.23. The molecule has 0 radical (unpaired) electrons. The van der Waals surface area contributed by atoms with Gasteiger partial charge in [-0.25, -0.2) is 4.98 Å². The van der Waals surface area contributed by atoms with Crippen molar-refractivity contribution in [2.75, 3.05) is 0 Å². The lowest BCUT2D eigenvalue weighted by Crippen LogP contribution is -1.98. The monoisotopic (exact) mass is 319 g/mol. The molecule has 4 heteroatoms. The molecule has 0 saturated heterocycles. The Labute approximate surface area is 117 Å². The van der Waals surface area contributed by atoms with Crippen molar-refractivity contribution in [3.63, 3.8) is 0 Å². The molecule has 3 rings (SSSR count).